The van der Waals surface area contributed by atoms with Crippen LogP contribution < -0.4 is 10.6 Å². The lowest BCUT2D eigenvalue weighted by Crippen LogP contribution is -2.38. The van der Waals surface area contributed by atoms with Crippen molar-refractivity contribution in [1.29, 1.82) is 0 Å². The largest absolute Gasteiger partial charge is 0.357 e. The molecule has 1 aliphatic rings. The number of hydrogen-bond acceptors (Lipinski definition) is 3. The highest BCUT2D eigenvalue weighted by Crippen LogP contribution is 2.15. The molecule has 1 fully saturated rings. The third kappa shape index (κ3) is 6.75. The smallest absolute Gasteiger partial charge is 0.222 e. The molecule has 6 nitrogen and oxygen atoms in total. The number of nitrogens with one attached hydrogen (secondary N) is 2. The minimum absolute atomic E-state index is 0.259. The van der Waals surface area contributed by atoms with Gasteiger partial charge in [0.15, 0.2) is 5.96 Å². The van der Waals surface area contributed by atoms with E-state index in [4.69, 9.17) is 11.6 Å². The highest BCUT2D eigenvalue weighted by Gasteiger charge is 2.19. The number of benzene rings is 1. The van der Waals surface area contributed by atoms with E-state index in [1.807, 2.05) is 11.0 Å². The van der Waals surface area contributed by atoms with Crippen LogP contribution in [0, 0.1) is 0 Å². The summed E-state index contributed by atoms with van der Waals surface area (Å²) in [7, 11) is 0. The molecule has 1 amide bonds. The van der Waals surface area contributed by atoms with E-state index in [0.717, 1.165) is 55.1 Å². The fraction of sp³-hybridized carbons (Fsp3) is 0.409. The van der Waals surface area contributed by atoms with Crippen LogP contribution in [0.4, 0.5) is 0 Å². The summed E-state index contributed by atoms with van der Waals surface area (Å²) in [6.07, 6.45) is 4.30. The lowest BCUT2D eigenvalue weighted by atomic mass is 10.1. The van der Waals surface area contributed by atoms with E-state index in [-0.39, 0.29) is 5.91 Å². The van der Waals surface area contributed by atoms with Crippen LogP contribution in [-0.4, -0.2) is 41.4 Å². The van der Waals surface area contributed by atoms with Gasteiger partial charge in [0.05, 0.1) is 6.54 Å². The van der Waals surface area contributed by atoms with Crippen molar-refractivity contribution < 1.29 is 4.79 Å². The van der Waals surface area contributed by atoms with Gasteiger partial charge in [0, 0.05) is 38.8 Å². The normalized spacial score (nSPS) is 14.3. The Morgan fingerprint density at radius 3 is 2.55 bits per heavy atom. The third-order valence-electron chi connectivity index (χ3n) is 4.83. The third-order valence-corrected chi connectivity index (χ3v) is 5.05. The standard InChI is InChI=1S/C22H28ClN5O/c1-2-24-22(25-12-11-18-9-10-20(23)26-14-18)27-15-17-5-7-19(8-6-17)16-28-13-3-4-21(28)29/h5-10,14H,2-4,11-13,15-16H2,1H3,(H2,24,25,27). The van der Waals surface area contributed by atoms with Gasteiger partial charge in [0.25, 0.3) is 0 Å². The maximum atomic E-state index is 11.8. The molecular weight excluding hydrogens is 386 g/mol. The molecule has 7 heteroatoms. The zero-order valence-electron chi connectivity index (χ0n) is 16.8. The van der Waals surface area contributed by atoms with Crippen molar-refractivity contribution in [3.8, 4) is 0 Å². The number of pyridine rings is 1. The van der Waals surface area contributed by atoms with E-state index in [1.54, 1.807) is 12.3 Å². The van der Waals surface area contributed by atoms with Crippen LogP contribution in [0.15, 0.2) is 47.6 Å². The summed E-state index contributed by atoms with van der Waals surface area (Å²) < 4.78 is 0. The van der Waals surface area contributed by atoms with Gasteiger partial charge in [-0.25, -0.2) is 9.98 Å². The molecule has 29 heavy (non-hydrogen) atoms. The highest BCUT2D eigenvalue weighted by molar-refractivity contribution is 6.29. The molecule has 1 aromatic heterocycles. The van der Waals surface area contributed by atoms with Crippen LogP contribution in [0.3, 0.4) is 0 Å². The summed E-state index contributed by atoms with van der Waals surface area (Å²) in [4.78, 5) is 22.5. The van der Waals surface area contributed by atoms with Crippen LogP contribution >= 0.6 is 11.6 Å². The molecule has 2 heterocycles. The van der Waals surface area contributed by atoms with Gasteiger partial charge in [-0.1, -0.05) is 41.9 Å². The first-order chi connectivity index (χ1) is 14.1. The number of amides is 1. The highest BCUT2D eigenvalue weighted by atomic mass is 35.5. The fourth-order valence-electron chi connectivity index (χ4n) is 3.23. The zero-order valence-corrected chi connectivity index (χ0v) is 17.6. The average molecular weight is 414 g/mol. The predicted molar refractivity (Wildman–Crippen MR) is 117 cm³/mol. The molecule has 0 radical (unpaired) electrons. The number of likely N-dealkylation sites (tertiary alicyclic amines) is 1. The van der Waals surface area contributed by atoms with Crippen molar-refractivity contribution in [2.24, 2.45) is 4.99 Å². The second kappa shape index (κ2) is 10.8. The number of carbonyl (C=O) groups is 1. The van der Waals surface area contributed by atoms with Crippen LogP contribution in [0.2, 0.25) is 5.15 Å². The number of rotatable bonds is 8. The minimum atomic E-state index is 0.259. The van der Waals surface area contributed by atoms with E-state index >= 15 is 0 Å². The molecular formula is C22H28ClN5O. The number of aliphatic imine (C=N–C) groups is 1. The molecule has 2 aromatic rings. The monoisotopic (exact) mass is 413 g/mol. The summed E-state index contributed by atoms with van der Waals surface area (Å²) in [5.41, 5.74) is 3.43. The van der Waals surface area contributed by atoms with Gasteiger partial charge in [0.2, 0.25) is 5.91 Å². The Bertz CT molecular complexity index is 820. The van der Waals surface area contributed by atoms with Gasteiger partial charge in [0.1, 0.15) is 5.15 Å². The summed E-state index contributed by atoms with van der Waals surface area (Å²) in [5, 5.41) is 7.13. The molecule has 0 spiro atoms. The molecule has 0 aliphatic carbocycles. The first-order valence-corrected chi connectivity index (χ1v) is 10.5. The lowest BCUT2D eigenvalue weighted by molar-refractivity contribution is -0.128. The number of hydrogen-bond donors (Lipinski definition) is 2. The molecule has 154 valence electrons. The maximum Gasteiger partial charge on any atom is 0.222 e. The molecule has 0 atom stereocenters. The number of aromatic nitrogens is 1. The lowest BCUT2D eigenvalue weighted by Gasteiger charge is -2.15. The van der Waals surface area contributed by atoms with Crippen LogP contribution in [-0.2, 0) is 24.3 Å². The minimum Gasteiger partial charge on any atom is -0.357 e. The second-order valence-electron chi connectivity index (χ2n) is 7.10. The summed E-state index contributed by atoms with van der Waals surface area (Å²) in [6.45, 7) is 5.78. The van der Waals surface area contributed by atoms with Crippen LogP contribution in [0.1, 0.15) is 36.5 Å². The average Bonchev–Trinajstić information content (AvgIpc) is 3.13. The van der Waals surface area contributed by atoms with Gasteiger partial charge < -0.3 is 15.5 Å². The molecule has 1 saturated heterocycles. The Morgan fingerprint density at radius 1 is 1.14 bits per heavy atom. The van der Waals surface area contributed by atoms with Crippen molar-refractivity contribution in [2.75, 3.05) is 19.6 Å². The van der Waals surface area contributed by atoms with Crippen LogP contribution in [0.5, 0.6) is 0 Å². The first kappa shape index (κ1) is 21.1. The van der Waals surface area contributed by atoms with Gasteiger partial charge >= 0.3 is 0 Å². The van der Waals surface area contributed by atoms with E-state index in [9.17, 15) is 4.79 Å². The Balaban J connectivity index is 1.49. The van der Waals surface area contributed by atoms with Gasteiger partial charge in [-0.3, -0.25) is 4.79 Å². The van der Waals surface area contributed by atoms with E-state index < -0.39 is 0 Å². The van der Waals surface area contributed by atoms with E-state index in [2.05, 4.69) is 51.8 Å². The molecule has 3 rings (SSSR count). The Labute approximate surface area is 177 Å². The van der Waals surface area contributed by atoms with Crippen LogP contribution in [0.25, 0.3) is 0 Å². The zero-order chi connectivity index (χ0) is 20.5. The molecule has 1 aromatic carbocycles. The Hall–Kier alpha value is -2.60. The first-order valence-electron chi connectivity index (χ1n) is 10.1. The molecule has 0 saturated carbocycles. The quantitative estimate of drug-likeness (QED) is 0.396. The topological polar surface area (TPSA) is 69.6 Å². The SMILES string of the molecule is CCNC(=NCc1ccc(CN2CCCC2=O)cc1)NCCc1ccc(Cl)nc1. The maximum absolute atomic E-state index is 11.8. The molecule has 0 unspecified atom stereocenters. The van der Waals surface area contributed by atoms with Crippen molar-refractivity contribution >= 4 is 23.5 Å². The van der Waals surface area contributed by atoms with E-state index in [0.29, 0.717) is 24.7 Å². The fourth-order valence-corrected chi connectivity index (χ4v) is 3.35. The molecule has 1 aliphatic heterocycles. The Morgan fingerprint density at radius 2 is 1.90 bits per heavy atom. The Kier molecular flexibility index (Phi) is 7.87. The number of halogens is 1. The molecule has 0 bridgehead atoms. The van der Waals surface area contributed by atoms with Crippen molar-refractivity contribution in [2.45, 2.75) is 39.3 Å². The van der Waals surface area contributed by atoms with Crippen molar-refractivity contribution in [3.05, 3.63) is 64.4 Å². The number of nitrogens with zero attached hydrogens (tertiary/aromatic N) is 3. The van der Waals surface area contributed by atoms with Crippen molar-refractivity contribution in [1.82, 2.24) is 20.5 Å². The summed E-state index contributed by atoms with van der Waals surface area (Å²) in [6, 6.07) is 12.1. The van der Waals surface area contributed by atoms with Gasteiger partial charge in [-0.15, -0.1) is 0 Å². The number of carbonyl (C=O) groups excluding carboxylic acids is 1. The summed E-state index contributed by atoms with van der Waals surface area (Å²) in [5.74, 6) is 1.05. The van der Waals surface area contributed by atoms with Crippen molar-refractivity contribution in [3.63, 3.8) is 0 Å². The summed E-state index contributed by atoms with van der Waals surface area (Å²) >= 11 is 5.82. The van der Waals surface area contributed by atoms with Gasteiger partial charge in [-0.2, -0.15) is 0 Å². The molecule has 2 N–H and O–H groups in total. The van der Waals surface area contributed by atoms with E-state index in [1.165, 1.54) is 0 Å². The second-order valence-corrected chi connectivity index (χ2v) is 7.48. The number of guanidine groups is 1. The predicted octanol–water partition coefficient (Wildman–Crippen LogP) is 3.16. The van der Waals surface area contributed by atoms with Gasteiger partial charge in [-0.05, 0) is 42.5 Å².